The number of ether oxygens (including phenoxy) is 1. The summed E-state index contributed by atoms with van der Waals surface area (Å²) >= 11 is 1.50. The van der Waals surface area contributed by atoms with Crippen LogP contribution in [-0.2, 0) is 17.8 Å². The van der Waals surface area contributed by atoms with Crippen molar-refractivity contribution in [3.63, 3.8) is 0 Å². The number of nitrogens with one attached hydrogen (secondary N) is 2. The minimum absolute atomic E-state index is 0.0254. The van der Waals surface area contributed by atoms with E-state index in [1.807, 2.05) is 36.5 Å². The molecule has 0 aromatic carbocycles. The number of carbonyl (C=O) groups is 1. The number of nitrogens with zero attached hydrogens (tertiary/aromatic N) is 4. The van der Waals surface area contributed by atoms with Gasteiger partial charge in [-0.15, -0.1) is 11.8 Å². The molecule has 9 nitrogen and oxygen atoms in total. The number of fused-ring (bicyclic) bond motifs is 2. The molecule has 3 aromatic rings. The Morgan fingerprint density at radius 2 is 2.15 bits per heavy atom. The Bertz CT molecular complexity index is 1180. The lowest BCUT2D eigenvalue weighted by Gasteiger charge is -2.18. The fraction of sp³-hybridized carbons (Fsp3) is 0.391. The number of aliphatic hydroxyl groups excluding tert-OH is 1. The van der Waals surface area contributed by atoms with Gasteiger partial charge < -0.3 is 20.5 Å². The zero-order valence-electron chi connectivity index (χ0n) is 18.3. The number of hydrogen-bond acceptors (Lipinski definition) is 9. The maximum Gasteiger partial charge on any atom is 0.235 e. The Morgan fingerprint density at radius 3 is 3.03 bits per heavy atom. The fourth-order valence-electron chi connectivity index (χ4n) is 4.24. The molecule has 33 heavy (non-hydrogen) atoms. The van der Waals surface area contributed by atoms with Crippen LogP contribution in [0.4, 0.5) is 5.82 Å². The number of pyridine rings is 3. The van der Waals surface area contributed by atoms with Crippen molar-refractivity contribution in [1.29, 1.82) is 0 Å². The number of thioether (sulfide) groups is 1. The van der Waals surface area contributed by atoms with E-state index in [-0.39, 0.29) is 11.9 Å². The number of anilines is 1. The molecule has 0 radical (unpaired) electrons. The molecule has 3 aromatic heterocycles. The van der Waals surface area contributed by atoms with Crippen LogP contribution in [0.5, 0.6) is 5.88 Å². The summed E-state index contributed by atoms with van der Waals surface area (Å²) in [4.78, 5) is 28.4. The SMILES string of the molecule is COc1ccc2nccc(CCN3CC(NCc4ccc5c(n4)NC(=O)CS5)[C@H](O)C3)c2n1. The number of carbonyl (C=O) groups excluding carboxylic acids is 1. The van der Waals surface area contributed by atoms with Gasteiger partial charge >= 0.3 is 0 Å². The molecule has 1 fully saturated rings. The summed E-state index contributed by atoms with van der Waals surface area (Å²) in [5.41, 5.74) is 3.66. The summed E-state index contributed by atoms with van der Waals surface area (Å²) in [6, 6.07) is 9.64. The number of amides is 1. The van der Waals surface area contributed by atoms with Gasteiger partial charge in [0.05, 0.1) is 40.6 Å². The van der Waals surface area contributed by atoms with Crippen molar-refractivity contribution in [2.24, 2.45) is 0 Å². The van der Waals surface area contributed by atoms with Crippen molar-refractivity contribution in [1.82, 2.24) is 25.2 Å². The van der Waals surface area contributed by atoms with E-state index in [1.54, 1.807) is 7.11 Å². The van der Waals surface area contributed by atoms with Crippen molar-refractivity contribution in [2.75, 3.05) is 37.8 Å². The zero-order valence-corrected chi connectivity index (χ0v) is 19.1. The molecule has 3 N–H and O–H groups in total. The number of hydrogen-bond donors (Lipinski definition) is 3. The normalized spacial score (nSPS) is 20.6. The molecule has 2 atom stereocenters. The second-order valence-electron chi connectivity index (χ2n) is 8.24. The maximum atomic E-state index is 11.6. The highest BCUT2D eigenvalue weighted by Gasteiger charge is 2.30. The van der Waals surface area contributed by atoms with Crippen LogP contribution in [0.3, 0.4) is 0 Å². The van der Waals surface area contributed by atoms with Gasteiger partial charge in [-0.2, -0.15) is 0 Å². The number of aromatic nitrogens is 3. The van der Waals surface area contributed by atoms with E-state index in [0.29, 0.717) is 30.5 Å². The molecule has 0 bridgehead atoms. The lowest BCUT2D eigenvalue weighted by Crippen LogP contribution is -2.39. The molecule has 10 heteroatoms. The second-order valence-corrected chi connectivity index (χ2v) is 9.26. The van der Waals surface area contributed by atoms with Gasteiger partial charge in [0.1, 0.15) is 5.82 Å². The number of methoxy groups -OCH3 is 1. The van der Waals surface area contributed by atoms with Crippen LogP contribution in [0, 0.1) is 0 Å². The highest BCUT2D eigenvalue weighted by molar-refractivity contribution is 8.00. The third-order valence-corrected chi connectivity index (χ3v) is 7.04. The topological polar surface area (TPSA) is 112 Å². The van der Waals surface area contributed by atoms with Gasteiger partial charge in [-0.3, -0.25) is 14.7 Å². The Kier molecular flexibility index (Phi) is 6.41. The number of rotatable bonds is 7. The van der Waals surface area contributed by atoms with Gasteiger partial charge in [0, 0.05) is 44.5 Å². The molecule has 2 aliphatic rings. The molecule has 0 spiro atoms. The van der Waals surface area contributed by atoms with E-state index < -0.39 is 6.10 Å². The Hall–Kier alpha value is -2.79. The van der Waals surface area contributed by atoms with Gasteiger partial charge in [-0.1, -0.05) is 0 Å². The Labute approximate surface area is 196 Å². The van der Waals surface area contributed by atoms with E-state index in [4.69, 9.17) is 4.74 Å². The molecule has 0 saturated carbocycles. The molecule has 1 unspecified atom stereocenters. The zero-order chi connectivity index (χ0) is 22.8. The molecule has 172 valence electrons. The average molecular weight is 467 g/mol. The fourth-order valence-corrected chi connectivity index (χ4v) is 5.00. The molecular formula is C23H26N6O3S. The van der Waals surface area contributed by atoms with Crippen LogP contribution in [0.2, 0.25) is 0 Å². The summed E-state index contributed by atoms with van der Waals surface area (Å²) in [6.45, 7) is 2.70. The number of aliphatic hydroxyl groups is 1. The number of β-amino-alcohol motifs (C(OH)–C–C–N with tert-alkyl or cyclic N) is 1. The van der Waals surface area contributed by atoms with Crippen molar-refractivity contribution >= 4 is 34.5 Å². The van der Waals surface area contributed by atoms with Gasteiger partial charge in [0.25, 0.3) is 0 Å². The van der Waals surface area contributed by atoms with Gasteiger partial charge in [-0.25, -0.2) is 9.97 Å². The van der Waals surface area contributed by atoms with Gasteiger partial charge in [-0.05, 0) is 36.2 Å². The van der Waals surface area contributed by atoms with E-state index in [1.165, 1.54) is 11.8 Å². The summed E-state index contributed by atoms with van der Waals surface area (Å²) < 4.78 is 5.27. The summed E-state index contributed by atoms with van der Waals surface area (Å²) in [7, 11) is 1.61. The molecule has 5 rings (SSSR count). The second kappa shape index (κ2) is 9.60. The third kappa shape index (κ3) is 4.93. The third-order valence-electron chi connectivity index (χ3n) is 5.99. The van der Waals surface area contributed by atoms with Crippen LogP contribution < -0.4 is 15.4 Å². The van der Waals surface area contributed by atoms with Crippen LogP contribution in [-0.4, -0.2) is 75.5 Å². The summed E-state index contributed by atoms with van der Waals surface area (Å²) in [5.74, 6) is 1.60. The minimum atomic E-state index is -0.453. The lowest BCUT2D eigenvalue weighted by molar-refractivity contribution is -0.113. The molecule has 1 saturated heterocycles. The average Bonchev–Trinajstić information content (AvgIpc) is 3.19. The van der Waals surface area contributed by atoms with Crippen molar-refractivity contribution < 1.29 is 14.6 Å². The largest absolute Gasteiger partial charge is 0.481 e. The molecule has 5 heterocycles. The molecular weight excluding hydrogens is 440 g/mol. The first kappa shape index (κ1) is 22.0. The first-order valence-corrected chi connectivity index (χ1v) is 11.9. The molecule has 1 amide bonds. The molecule has 0 aliphatic carbocycles. The van der Waals surface area contributed by atoms with E-state index >= 15 is 0 Å². The highest BCUT2D eigenvalue weighted by atomic mass is 32.2. The predicted octanol–water partition coefficient (Wildman–Crippen LogP) is 1.45. The van der Waals surface area contributed by atoms with Crippen LogP contribution in [0.25, 0.3) is 11.0 Å². The Morgan fingerprint density at radius 1 is 1.24 bits per heavy atom. The molecule has 2 aliphatic heterocycles. The van der Waals surface area contributed by atoms with Crippen LogP contribution >= 0.6 is 11.8 Å². The first-order chi connectivity index (χ1) is 16.1. The standard InChI is InChI=1S/C23H26N6O3S/c1-32-21-5-3-16-22(28-21)14(6-8-24-16)7-9-29-11-17(18(30)12-29)25-10-15-2-4-19-23(26-15)27-20(31)13-33-19/h2-6,8,17-18,25,30H,7,9-13H2,1H3,(H,26,27,31)/t17?,18-/m1/s1. The van der Waals surface area contributed by atoms with E-state index in [0.717, 1.165) is 46.7 Å². The van der Waals surface area contributed by atoms with Crippen molar-refractivity contribution in [3.8, 4) is 5.88 Å². The lowest BCUT2D eigenvalue weighted by atomic mass is 10.1. The summed E-state index contributed by atoms with van der Waals surface area (Å²) in [5, 5.41) is 16.8. The summed E-state index contributed by atoms with van der Waals surface area (Å²) in [6.07, 6.45) is 2.16. The Balaban J connectivity index is 1.18. The van der Waals surface area contributed by atoms with Crippen LogP contribution in [0.1, 0.15) is 11.3 Å². The minimum Gasteiger partial charge on any atom is -0.481 e. The highest BCUT2D eigenvalue weighted by Crippen LogP contribution is 2.29. The monoisotopic (exact) mass is 466 g/mol. The van der Waals surface area contributed by atoms with E-state index in [2.05, 4.69) is 30.5 Å². The van der Waals surface area contributed by atoms with Crippen molar-refractivity contribution in [3.05, 3.63) is 47.8 Å². The van der Waals surface area contributed by atoms with Crippen LogP contribution in [0.15, 0.2) is 41.4 Å². The maximum absolute atomic E-state index is 11.6. The van der Waals surface area contributed by atoms with Gasteiger partial charge in [0.2, 0.25) is 11.8 Å². The first-order valence-electron chi connectivity index (χ1n) is 10.9. The quantitative estimate of drug-likeness (QED) is 0.476. The van der Waals surface area contributed by atoms with Gasteiger partial charge in [0.15, 0.2) is 0 Å². The number of likely N-dealkylation sites (tertiary alicyclic amines) is 1. The predicted molar refractivity (Wildman–Crippen MR) is 126 cm³/mol. The smallest absolute Gasteiger partial charge is 0.235 e. The van der Waals surface area contributed by atoms with E-state index in [9.17, 15) is 9.90 Å². The van der Waals surface area contributed by atoms with Crippen molar-refractivity contribution in [2.45, 2.75) is 30.0 Å².